The minimum absolute atomic E-state index is 0.00495. The molecule has 2 aromatic rings. The summed E-state index contributed by atoms with van der Waals surface area (Å²) in [6, 6.07) is 6.12. The summed E-state index contributed by atoms with van der Waals surface area (Å²) < 4.78 is 40.3. The lowest BCUT2D eigenvalue weighted by Crippen LogP contribution is -2.35. The fourth-order valence-corrected chi connectivity index (χ4v) is 2.51. The summed E-state index contributed by atoms with van der Waals surface area (Å²) in [5.41, 5.74) is 0.417. The minimum Gasteiger partial charge on any atom is -0.391 e. The lowest BCUT2D eigenvalue weighted by Gasteiger charge is -2.15. The number of rotatable bonds is 6. The van der Waals surface area contributed by atoms with Gasteiger partial charge in [0.2, 0.25) is 11.7 Å². The van der Waals surface area contributed by atoms with Crippen LogP contribution in [0, 0.1) is 5.92 Å². The van der Waals surface area contributed by atoms with Crippen LogP contribution in [-0.2, 0) is 17.5 Å². The maximum atomic E-state index is 13.1. The Balaban J connectivity index is 2.15. The van der Waals surface area contributed by atoms with Gasteiger partial charge in [-0.15, -0.1) is 0 Å². The summed E-state index contributed by atoms with van der Waals surface area (Å²) in [6.07, 6.45) is -4.88. The fourth-order valence-electron chi connectivity index (χ4n) is 2.51. The largest absolute Gasteiger partial charge is 0.449 e. The number of halogens is 3. The zero-order valence-electron chi connectivity index (χ0n) is 13.5. The zero-order valence-corrected chi connectivity index (χ0v) is 13.5. The number of fused-ring (bicyclic) bond motifs is 1. The molecule has 5 nitrogen and oxygen atoms in total. The molecule has 2 N–H and O–H groups in total. The molecule has 1 unspecified atom stereocenters. The predicted molar refractivity (Wildman–Crippen MR) is 83.2 cm³/mol. The number of imidazole rings is 1. The van der Waals surface area contributed by atoms with Crippen LogP contribution >= 0.6 is 0 Å². The second-order valence-electron chi connectivity index (χ2n) is 6.10. The number of nitrogens with one attached hydrogen (secondary N) is 1. The van der Waals surface area contributed by atoms with Crippen LogP contribution in [0.5, 0.6) is 0 Å². The molecule has 0 saturated heterocycles. The van der Waals surface area contributed by atoms with Crippen LogP contribution in [0.1, 0.15) is 26.1 Å². The van der Waals surface area contributed by atoms with Gasteiger partial charge in [-0.1, -0.05) is 26.0 Å². The minimum atomic E-state index is -4.66. The molecule has 1 heterocycles. The average Bonchev–Trinajstić information content (AvgIpc) is 2.84. The molecule has 1 aromatic carbocycles. The predicted octanol–water partition coefficient (Wildman–Crippen LogP) is 2.58. The van der Waals surface area contributed by atoms with Crippen molar-refractivity contribution in [3.63, 3.8) is 0 Å². The van der Waals surface area contributed by atoms with Crippen LogP contribution in [0.15, 0.2) is 24.3 Å². The second-order valence-corrected chi connectivity index (χ2v) is 6.10. The van der Waals surface area contributed by atoms with Crippen molar-refractivity contribution in [1.82, 2.24) is 14.9 Å². The van der Waals surface area contributed by atoms with E-state index in [0.717, 1.165) is 4.57 Å². The van der Waals surface area contributed by atoms with E-state index in [0.29, 0.717) is 6.42 Å². The highest BCUT2D eigenvalue weighted by molar-refractivity contribution is 5.81. The van der Waals surface area contributed by atoms with Gasteiger partial charge < -0.3 is 15.0 Å². The number of carbonyl (C=O) groups excluding carboxylic acids is 1. The number of nitrogens with zero attached hydrogens (tertiary/aromatic N) is 2. The molecular formula is C16H20F3N3O2. The summed E-state index contributed by atoms with van der Waals surface area (Å²) in [5.74, 6) is -1.46. The standard InChI is InChI=1S/C16H20F3N3O2/c1-10(2)7-11(23)8-20-14(24)9-22-13-6-4-3-5-12(13)21-15(22)16(17,18)19/h3-6,10-11,23H,7-9H2,1-2H3,(H,20,24). The smallest absolute Gasteiger partial charge is 0.391 e. The van der Waals surface area contributed by atoms with Crippen molar-refractivity contribution < 1.29 is 23.1 Å². The van der Waals surface area contributed by atoms with Gasteiger partial charge in [-0.3, -0.25) is 4.79 Å². The van der Waals surface area contributed by atoms with Crippen molar-refractivity contribution in [2.24, 2.45) is 5.92 Å². The molecule has 1 atom stereocenters. The first kappa shape index (κ1) is 18.3. The number of para-hydroxylation sites is 2. The SMILES string of the molecule is CC(C)CC(O)CNC(=O)Cn1c(C(F)(F)F)nc2ccccc21. The van der Waals surface area contributed by atoms with Gasteiger partial charge in [-0.05, 0) is 24.5 Å². The number of benzene rings is 1. The third kappa shape index (κ3) is 4.47. The highest BCUT2D eigenvalue weighted by Crippen LogP contribution is 2.31. The molecule has 0 spiro atoms. The molecule has 0 aliphatic heterocycles. The molecule has 0 bridgehead atoms. The molecule has 0 aliphatic carbocycles. The lowest BCUT2D eigenvalue weighted by molar-refractivity contribution is -0.147. The van der Waals surface area contributed by atoms with Crippen LogP contribution in [-0.4, -0.2) is 33.2 Å². The van der Waals surface area contributed by atoms with Crippen molar-refractivity contribution in [2.75, 3.05) is 6.54 Å². The van der Waals surface area contributed by atoms with E-state index in [4.69, 9.17) is 0 Å². The average molecular weight is 343 g/mol. The first-order chi connectivity index (χ1) is 11.2. The third-order valence-electron chi connectivity index (χ3n) is 3.49. The highest BCUT2D eigenvalue weighted by Gasteiger charge is 2.37. The van der Waals surface area contributed by atoms with E-state index in [1.807, 2.05) is 13.8 Å². The Morgan fingerprint density at radius 3 is 2.62 bits per heavy atom. The molecule has 8 heteroatoms. The zero-order chi connectivity index (χ0) is 17.9. The molecule has 1 aromatic heterocycles. The van der Waals surface area contributed by atoms with Crippen LogP contribution in [0.3, 0.4) is 0 Å². The Labute approximate surface area is 137 Å². The van der Waals surface area contributed by atoms with Gasteiger partial charge in [0.05, 0.1) is 17.1 Å². The summed E-state index contributed by atoms with van der Waals surface area (Å²) in [4.78, 5) is 15.6. The fraction of sp³-hybridized carbons (Fsp3) is 0.500. The van der Waals surface area contributed by atoms with Crippen molar-refractivity contribution >= 4 is 16.9 Å². The number of amides is 1. The maximum Gasteiger partial charge on any atom is 0.449 e. The van der Waals surface area contributed by atoms with Gasteiger partial charge >= 0.3 is 6.18 Å². The van der Waals surface area contributed by atoms with Gasteiger partial charge in [0.15, 0.2) is 0 Å². The van der Waals surface area contributed by atoms with Crippen LogP contribution in [0.25, 0.3) is 11.0 Å². The summed E-state index contributed by atoms with van der Waals surface area (Å²) in [5, 5.41) is 12.2. The Morgan fingerprint density at radius 1 is 1.33 bits per heavy atom. The van der Waals surface area contributed by atoms with E-state index in [1.165, 1.54) is 12.1 Å². The summed E-state index contributed by atoms with van der Waals surface area (Å²) >= 11 is 0. The van der Waals surface area contributed by atoms with Crippen molar-refractivity contribution in [2.45, 2.75) is 39.1 Å². The topological polar surface area (TPSA) is 67.2 Å². The van der Waals surface area contributed by atoms with Crippen LogP contribution < -0.4 is 5.32 Å². The lowest BCUT2D eigenvalue weighted by atomic mass is 10.1. The molecule has 1 amide bonds. The van der Waals surface area contributed by atoms with Gasteiger partial charge in [0, 0.05) is 6.54 Å². The van der Waals surface area contributed by atoms with Gasteiger partial charge in [-0.2, -0.15) is 13.2 Å². The third-order valence-corrected chi connectivity index (χ3v) is 3.49. The molecule has 24 heavy (non-hydrogen) atoms. The van der Waals surface area contributed by atoms with E-state index in [1.54, 1.807) is 12.1 Å². The van der Waals surface area contributed by atoms with Crippen molar-refractivity contribution in [3.05, 3.63) is 30.1 Å². The van der Waals surface area contributed by atoms with Crippen molar-refractivity contribution in [3.8, 4) is 0 Å². The number of hydrogen-bond acceptors (Lipinski definition) is 3. The molecule has 132 valence electrons. The highest BCUT2D eigenvalue weighted by atomic mass is 19.4. The molecule has 0 aliphatic rings. The van der Waals surface area contributed by atoms with E-state index >= 15 is 0 Å². The van der Waals surface area contributed by atoms with Crippen molar-refractivity contribution in [1.29, 1.82) is 0 Å². The number of hydrogen-bond donors (Lipinski definition) is 2. The van der Waals surface area contributed by atoms with E-state index in [-0.39, 0.29) is 23.5 Å². The number of aromatic nitrogens is 2. The number of carbonyl (C=O) groups is 1. The van der Waals surface area contributed by atoms with Gasteiger partial charge in [0.25, 0.3) is 0 Å². The normalized spacial score (nSPS) is 13.5. The molecule has 2 rings (SSSR count). The maximum absolute atomic E-state index is 13.1. The van der Waals surface area contributed by atoms with Crippen LogP contribution in [0.4, 0.5) is 13.2 Å². The first-order valence-corrected chi connectivity index (χ1v) is 7.65. The number of alkyl halides is 3. The monoisotopic (exact) mass is 343 g/mol. The Bertz CT molecular complexity index is 710. The molecule has 0 fully saturated rings. The summed E-state index contributed by atoms with van der Waals surface area (Å²) in [6.45, 7) is 3.35. The first-order valence-electron chi connectivity index (χ1n) is 7.65. The molecular weight excluding hydrogens is 323 g/mol. The van der Waals surface area contributed by atoms with Gasteiger partial charge in [-0.25, -0.2) is 4.98 Å². The quantitative estimate of drug-likeness (QED) is 0.847. The molecule has 0 radical (unpaired) electrons. The summed E-state index contributed by atoms with van der Waals surface area (Å²) in [7, 11) is 0. The van der Waals surface area contributed by atoms with Gasteiger partial charge in [0.1, 0.15) is 6.54 Å². The van der Waals surface area contributed by atoms with E-state index in [2.05, 4.69) is 10.3 Å². The Hall–Kier alpha value is -2.09. The number of aliphatic hydroxyl groups excluding tert-OH is 1. The Kier molecular flexibility index (Phi) is 5.48. The van der Waals surface area contributed by atoms with E-state index in [9.17, 15) is 23.1 Å². The molecule has 0 saturated carbocycles. The number of aliphatic hydroxyl groups is 1. The van der Waals surface area contributed by atoms with E-state index < -0.39 is 30.6 Å². The van der Waals surface area contributed by atoms with Crippen LogP contribution in [0.2, 0.25) is 0 Å². The second kappa shape index (κ2) is 7.21. The Morgan fingerprint density at radius 2 is 2.00 bits per heavy atom.